The van der Waals surface area contributed by atoms with Crippen LogP contribution in [0.15, 0.2) is 35.3 Å². The van der Waals surface area contributed by atoms with Crippen molar-refractivity contribution in [2.24, 2.45) is 10.9 Å². The second-order valence-corrected chi connectivity index (χ2v) is 7.32. The fourth-order valence-corrected chi connectivity index (χ4v) is 3.19. The number of carbonyl (C=O) groups is 1. The number of guanidine groups is 1. The van der Waals surface area contributed by atoms with E-state index < -0.39 is 0 Å². The molecule has 1 aromatic rings. The summed E-state index contributed by atoms with van der Waals surface area (Å²) in [7, 11) is 1.71. The second kappa shape index (κ2) is 12.3. The molecule has 27 heavy (non-hydrogen) atoms. The maximum atomic E-state index is 12.1. The summed E-state index contributed by atoms with van der Waals surface area (Å²) in [5, 5.41) is 9.44. The van der Waals surface area contributed by atoms with Gasteiger partial charge in [0.05, 0.1) is 19.8 Å². The van der Waals surface area contributed by atoms with E-state index in [1.165, 1.54) is 24.8 Å². The first kappa shape index (κ1) is 21.2. The number of ether oxygens (including phenoxy) is 1. The van der Waals surface area contributed by atoms with Crippen LogP contribution in [0.3, 0.4) is 0 Å². The van der Waals surface area contributed by atoms with Gasteiger partial charge in [0.1, 0.15) is 0 Å². The van der Waals surface area contributed by atoms with Crippen molar-refractivity contribution in [3.05, 3.63) is 35.9 Å². The normalized spacial score (nSPS) is 16.6. The van der Waals surface area contributed by atoms with Crippen LogP contribution in [-0.2, 0) is 16.1 Å². The predicted octanol–water partition coefficient (Wildman–Crippen LogP) is 2.45. The van der Waals surface area contributed by atoms with E-state index in [0.29, 0.717) is 31.1 Å². The van der Waals surface area contributed by atoms with Crippen LogP contribution in [0.1, 0.15) is 44.6 Å². The highest BCUT2D eigenvalue weighted by Gasteiger charge is 2.15. The highest BCUT2D eigenvalue weighted by Crippen LogP contribution is 2.17. The summed E-state index contributed by atoms with van der Waals surface area (Å²) >= 11 is 0. The zero-order chi connectivity index (χ0) is 19.3. The van der Waals surface area contributed by atoms with Gasteiger partial charge in [-0.05, 0) is 24.3 Å². The number of carbonyl (C=O) groups excluding carboxylic acids is 1. The SMILES string of the molecule is CN=C(NCC(=O)NC1CCCCC1)NCC(C)COCc1ccccc1. The van der Waals surface area contributed by atoms with Crippen molar-refractivity contribution in [3.63, 3.8) is 0 Å². The molecule has 150 valence electrons. The molecule has 0 spiro atoms. The molecule has 1 aliphatic rings. The molecule has 6 heteroatoms. The molecule has 0 bridgehead atoms. The van der Waals surface area contributed by atoms with E-state index in [-0.39, 0.29) is 12.5 Å². The minimum absolute atomic E-state index is 0.0316. The third-order valence-corrected chi connectivity index (χ3v) is 4.74. The Hall–Kier alpha value is -2.08. The molecule has 3 N–H and O–H groups in total. The third-order valence-electron chi connectivity index (χ3n) is 4.74. The number of hydrogen-bond donors (Lipinski definition) is 3. The third kappa shape index (κ3) is 8.91. The molecule has 1 atom stereocenters. The van der Waals surface area contributed by atoms with Crippen LogP contribution in [0.2, 0.25) is 0 Å². The zero-order valence-corrected chi connectivity index (χ0v) is 16.7. The van der Waals surface area contributed by atoms with Crippen LogP contribution in [0.5, 0.6) is 0 Å². The highest BCUT2D eigenvalue weighted by atomic mass is 16.5. The fraction of sp³-hybridized carbons (Fsp3) is 0.619. The summed E-state index contributed by atoms with van der Waals surface area (Å²) in [6.45, 7) is 4.40. The van der Waals surface area contributed by atoms with Crippen LogP contribution in [0.25, 0.3) is 0 Å². The first-order chi connectivity index (χ1) is 13.2. The minimum Gasteiger partial charge on any atom is -0.376 e. The first-order valence-electron chi connectivity index (χ1n) is 10.0. The Morgan fingerprint density at radius 2 is 1.93 bits per heavy atom. The van der Waals surface area contributed by atoms with E-state index in [4.69, 9.17) is 4.74 Å². The van der Waals surface area contributed by atoms with E-state index in [1.807, 2.05) is 18.2 Å². The lowest BCUT2D eigenvalue weighted by molar-refractivity contribution is -0.120. The van der Waals surface area contributed by atoms with E-state index in [1.54, 1.807) is 7.05 Å². The summed E-state index contributed by atoms with van der Waals surface area (Å²) in [4.78, 5) is 16.2. The van der Waals surface area contributed by atoms with E-state index in [9.17, 15) is 4.79 Å². The largest absolute Gasteiger partial charge is 0.376 e. The molecular weight excluding hydrogens is 340 g/mol. The Morgan fingerprint density at radius 1 is 1.19 bits per heavy atom. The topological polar surface area (TPSA) is 74.8 Å². The van der Waals surface area contributed by atoms with Gasteiger partial charge < -0.3 is 20.7 Å². The van der Waals surface area contributed by atoms with Crippen LogP contribution in [0.4, 0.5) is 0 Å². The Balaban J connectivity index is 1.57. The van der Waals surface area contributed by atoms with Crippen molar-refractivity contribution in [1.82, 2.24) is 16.0 Å². The minimum atomic E-state index is 0.0316. The molecule has 1 amide bonds. The van der Waals surface area contributed by atoms with Crippen LogP contribution in [-0.4, -0.2) is 44.7 Å². The van der Waals surface area contributed by atoms with Gasteiger partial charge in [-0.2, -0.15) is 0 Å². The molecule has 0 aliphatic heterocycles. The molecule has 0 saturated heterocycles. The summed E-state index contributed by atoms with van der Waals surface area (Å²) in [6.07, 6.45) is 5.91. The number of hydrogen-bond acceptors (Lipinski definition) is 3. The molecule has 1 aliphatic carbocycles. The van der Waals surface area contributed by atoms with Crippen LogP contribution in [0, 0.1) is 5.92 Å². The van der Waals surface area contributed by atoms with Gasteiger partial charge in [0, 0.05) is 19.6 Å². The number of rotatable bonds is 9. The average molecular weight is 375 g/mol. The lowest BCUT2D eigenvalue weighted by Gasteiger charge is -2.23. The molecule has 1 fully saturated rings. The van der Waals surface area contributed by atoms with E-state index in [2.05, 4.69) is 40.0 Å². The standard InChI is InChI=1S/C21H34N4O2/c1-17(15-27-16-18-9-5-3-6-10-18)13-23-21(22-2)24-14-20(26)25-19-11-7-4-8-12-19/h3,5-6,9-10,17,19H,4,7-8,11-16H2,1-2H3,(H,25,26)(H2,22,23,24). The zero-order valence-electron chi connectivity index (χ0n) is 16.7. The van der Waals surface area contributed by atoms with Gasteiger partial charge in [0.15, 0.2) is 5.96 Å². The number of nitrogens with one attached hydrogen (secondary N) is 3. The van der Waals surface area contributed by atoms with Crippen molar-refractivity contribution in [2.75, 3.05) is 26.7 Å². The summed E-state index contributed by atoms with van der Waals surface area (Å²) in [5.41, 5.74) is 1.18. The Labute approximate surface area is 163 Å². The predicted molar refractivity (Wildman–Crippen MR) is 110 cm³/mol. The molecule has 0 radical (unpaired) electrons. The maximum Gasteiger partial charge on any atom is 0.239 e. The maximum absolute atomic E-state index is 12.1. The molecule has 1 unspecified atom stereocenters. The van der Waals surface area contributed by atoms with Gasteiger partial charge in [0.25, 0.3) is 0 Å². The van der Waals surface area contributed by atoms with Gasteiger partial charge in [-0.15, -0.1) is 0 Å². The lowest BCUT2D eigenvalue weighted by atomic mass is 9.95. The Bertz CT molecular complexity index is 571. The van der Waals surface area contributed by atoms with E-state index in [0.717, 1.165) is 19.4 Å². The van der Waals surface area contributed by atoms with Gasteiger partial charge in [0.2, 0.25) is 5.91 Å². The van der Waals surface area contributed by atoms with Gasteiger partial charge in [-0.25, -0.2) is 0 Å². The van der Waals surface area contributed by atoms with Crippen molar-refractivity contribution in [1.29, 1.82) is 0 Å². The molecule has 6 nitrogen and oxygen atoms in total. The quantitative estimate of drug-likeness (QED) is 0.458. The fourth-order valence-electron chi connectivity index (χ4n) is 3.19. The monoisotopic (exact) mass is 374 g/mol. The number of nitrogens with zero attached hydrogens (tertiary/aromatic N) is 1. The van der Waals surface area contributed by atoms with Gasteiger partial charge in [-0.3, -0.25) is 9.79 Å². The first-order valence-corrected chi connectivity index (χ1v) is 10.0. The number of aliphatic imine (C=N–C) groups is 1. The van der Waals surface area contributed by atoms with Crippen LogP contribution >= 0.6 is 0 Å². The van der Waals surface area contributed by atoms with Crippen molar-refractivity contribution in [3.8, 4) is 0 Å². The second-order valence-electron chi connectivity index (χ2n) is 7.32. The van der Waals surface area contributed by atoms with Crippen molar-refractivity contribution < 1.29 is 9.53 Å². The van der Waals surface area contributed by atoms with Crippen molar-refractivity contribution in [2.45, 2.75) is 51.7 Å². The highest BCUT2D eigenvalue weighted by molar-refractivity contribution is 5.86. The summed E-state index contributed by atoms with van der Waals surface area (Å²) in [6, 6.07) is 10.5. The molecule has 1 aromatic carbocycles. The number of benzene rings is 1. The smallest absolute Gasteiger partial charge is 0.239 e. The molecule has 0 heterocycles. The van der Waals surface area contributed by atoms with Gasteiger partial charge in [-0.1, -0.05) is 56.5 Å². The molecular formula is C21H34N4O2. The average Bonchev–Trinajstić information content (AvgIpc) is 2.69. The Kier molecular flexibility index (Phi) is 9.69. The van der Waals surface area contributed by atoms with Crippen LogP contribution < -0.4 is 16.0 Å². The van der Waals surface area contributed by atoms with Crippen molar-refractivity contribution >= 4 is 11.9 Å². The van der Waals surface area contributed by atoms with E-state index >= 15 is 0 Å². The molecule has 0 aromatic heterocycles. The Morgan fingerprint density at radius 3 is 2.63 bits per heavy atom. The molecule has 1 saturated carbocycles. The molecule has 2 rings (SSSR count). The summed E-state index contributed by atoms with van der Waals surface area (Å²) < 4.78 is 5.77. The summed E-state index contributed by atoms with van der Waals surface area (Å²) in [5.74, 6) is 1.01. The van der Waals surface area contributed by atoms with Gasteiger partial charge >= 0.3 is 0 Å². The number of amides is 1. The lowest BCUT2D eigenvalue weighted by Crippen LogP contribution is -2.46.